The molecule has 0 fully saturated rings. The molecule has 1 aliphatic heterocycles. The lowest BCUT2D eigenvalue weighted by Gasteiger charge is -2.18. The van der Waals surface area contributed by atoms with Crippen LogP contribution in [0.3, 0.4) is 0 Å². The molecule has 1 unspecified atom stereocenters. The Hall–Kier alpha value is -1.82. The highest BCUT2D eigenvalue weighted by molar-refractivity contribution is 7.88. The van der Waals surface area contributed by atoms with Crippen molar-refractivity contribution in [2.24, 2.45) is 0 Å². The molecule has 1 aliphatic rings. The number of carbonyl (C=O) groups is 1. The third-order valence-electron chi connectivity index (χ3n) is 2.27. The lowest BCUT2D eigenvalue weighted by atomic mass is 10.3. The van der Waals surface area contributed by atoms with Crippen LogP contribution in [0.5, 0.6) is 11.5 Å². The quantitative estimate of drug-likeness (QED) is 0.610. The molecule has 0 aromatic heterocycles. The van der Waals surface area contributed by atoms with E-state index in [1.54, 1.807) is 18.2 Å². The highest BCUT2D eigenvalue weighted by Gasteiger charge is 2.13. The Bertz CT molecular complexity index is 509. The summed E-state index contributed by atoms with van der Waals surface area (Å²) < 4.78 is 27.0. The number of methoxy groups -OCH3 is 1. The number of hydrogen-bond donors (Lipinski definition) is 0. The first-order valence-corrected chi connectivity index (χ1v) is 6.48. The van der Waals surface area contributed by atoms with Crippen LogP contribution in [-0.2, 0) is 20.3 Å². The predicted molar refractivity (Wildman–Crippen MR) is 65.0 cm³/mol. The van der Waals surface area contributed by atoms with E-state index in [4.69, 9.17) is 9.47 Å². The maximum absolute atomic E-state index is 11.9. The first-order chi connectivity index (χ1) is 8.70. The lowest BCUT2D eigenvalue weighted by molar-refractivity contribution is -0.134. The van der Waals surface area contributed by atoms with E-state index in [0.29, 0.717) is 29.6 Å². The van der Waals surface area contributed by atoms with Gasteiger partial charge in [-0.25, -0.2) is 9.00 Å². The van der Waals surface area contributed by atoms with Crippen LogP contribution in [0.2, 0.25) is 0 Å². The summed E-state index contributed by atoms with van der Waals surface area (Å²) in [4.78, 5) is 11.4. The Labute approximate surface area is 107 Å². The summed E-state index contributed by atoms with van der Waals surface area (Å²) in [6, 6.07) is 5.02. The second kappa shape index (κ2) is 5.68. The highest BCUT2D eigenvalue weighted by Crippen LogP contribution is 2.31. The molecule has 1 aromatic rings. The zero-order valence-electron chi connectivity index (χ0n) is 9.75. The number of ether oxygens (including phenoxy) is 3. The third-order valence-corrected chi connectivity index (χ3v) is 3.38. The summed E-state index contributed by atoms with van der Waals surface area (Å²) in [6.45, 7) is 0.985. The van der Waals surface area contributed by atoms with Gasteiger partial charge >= 0.3 is 5.97 Å². The van der Waals surface area contributed by atoms with Gasteiger partial charge in [-0.1, -0.05) is 0 Å². The van der Waals surface area contributed by atoms with Crippen molar-refractivity contribution in [2.75, 3.05) is 20.3 Å². The number of benzene rings is 1. The van der Waals surface area contributed by atoms with Crippen molar-refractivity contribution < 1.29 is 23.2 Å². The zero-order valence-corrected chi connectivity index (χ0v) is 10.6. The second-order valence-corrected chi connectivity index (χ2v) is 4.77. The average Bonchev–Trinajstić information content (AvgIpc) is 2.43. The lowest BCUT2D eigenvalue weighted by Crippen LogP contribution is -2.15. The van der Waals surface area contributed by atoms with Crippen LogP contribution in [0.15, 0.2) is 34.6 Å². The topological polar surface area (TPSA) is 61.8 Å². The molecule has 0 spiro atoms. The standard InChI is InChI=1S/C12H12O5S/c1-15-12(13)4-7-18(14)9-2-3-10-11(8-9)17-6-5-16-10/h2-4,7-8H,5-6H2,1H3/b7-4+. The molecule has 1 atom stereocenters. The minimum absolute atomic E-state index is 0.473. The summed E-state index contributed by atoms with van der Waals surface area (Å²) in [7, 11) is -0.157. The summed E-state index contributed by atoms with van der Waals surface area (Å²) >= 11 is 0. The molecule has 6 heteroatoms. The molecule has 5 nitrogen and oxygen atoms in total. The van der Waals surface area contributed by atoms with Crippen LogP contribution in [0.25, 0.3) is 0 Å². The van der Waals surface area contributed by atoms with Crippen LogP contribution < -0.4 is 9.47 Å². The minimum atomic E-state index is -1.42. The molecule has 1 heterocycles. The summed E-state index contributed by atoms with van der Waals surface area (Å²) in [5, 5.41) is 1.28. The maximum Gasteiger partial charge on any atom is 0.331 e. The molecule has 0 saturated heterocycles. The molecule has 0 saturated carbocycles. The van der Waals surface area contributed by atoms with Gasteiger partial charge in [0.2, 0.25) is 0 Å². The van der Waals surface area contributed by atoms with Crippen molar-refractivity contribution in [3.8, 4) is 11.5 Å². The van der Waals surface area contributed by atoms with Gasteiger partial charge in [-0.15, -0.1) is 0 Å². The Morgan fingerprint density at radius 3 is 2.78 bits per heavy atom. The number of fused-ring (bicyclic) bond motifs is 1. The van der Waals surface area contributed by atoms with Gasteiger partial charge in [0.15, 0.2) is 11.5 Å². The van der Waals surface area contributed by atoms with E-state index in [0.717, 1.165) is 6.08 Å². The fourth-order valence-electron chi connectivity index (χ4n) is 1.41. The van der Waals surface area contributed by atoms with Crippen molar-refractivity contribution in [1.29, 1.82) is 0 Å². The minimum Gasteiger partial charge on any atom is -0.486 e. The van der Waals surface area contributed by atoms with Gasteiger partial charge in [0, 0.05) is 22.4 Å². The smallest absolute Gasteiger partial charge is 0.331 e. The van der Waals surface area contributed by atoms with E-state index < -0.39 is 16.8 Å². The molecule has 1 aromatic carbocycles. The molecular formula is C12H12O5S. The second-order valence-electron chi connectivity index (χ2n) is 3.43. The first-order valence-electron chi connectivity index (χ1n) is 5.27. The summed E-state index contributed by atoms with van der Waals surface area (Å²) in [6.07, 6.45) is 1.13. The van der Waals surface area contributed by atoms with Crippen LogP contribution >= 0.6 is 0 Å². The van der Waals surface area contributed by atoms with Crippen LogP contribution in [0.1, 0.15) is 0 Å². The van der Waals surface area contributed by atoms with Gasteiger partial charge in [-0.3, -0.25) is 0 Å². The molecule has 0 radical (unpaired) electrons. The van der Waals surface area contributed by atoms with Crippen molar-refractivity contribution in [3.05, 3.63) is 29.7 Å². The monoisotopic (exact) mass is 268 g/mol. The van der Waals surface area contributed by atoms with Gasteiger partial charge < -0.3 is 14.2 Å². The van der Waals surface area contributed by atoms with Crippen LogP contribution in [0.4, 0.5) is 0 Å². The number of carbonyl (C=O) groups excluding carboxylic acids is 1. The molecule has 96 valence electrons. The van der Waals surface area contributed by atoms with E-state index in [-0.39, 0.29) is 0 Å². The Balaban J connectivity index is 2.16. The molecule has 0 amide bonds. The number of rotatable bonds is 3. The van der Waals surface area contributed by atoms with Gasteiger partial charge in [0.1, 0.15) is 13.2 Å². The van der Waals surface area contributed by atoms with E-state index in [1.165, 1.54) is 12.5 Å². The van der Waals surface area contributed by atoms with E-state index >= 15 is 0 Å². The van der Waals surface area contributed by atoms with Gasteiger partial charge in [-0.05, 0) is 12.1 Å². The fraction of sp³-hybridized carbons (Fsp3) is 0.250. The normalized spacial score (nSPS) is 15.4. The number of hydrogen-bond acceptors (Lipinski definition) is 5. The Kier molecular flexibility index (Phi) is 3.99. The maximum atomic E-state index is 11.9. The predicted octanol–water partition coefficient (Wildman–Crippen LogP) is 1.25. The molecule has 2 rings (SSSR count). The summed E-state index contributed by atoms with van der Waals surface area (Å²) in [5.74, 6) is 0.665. The Morgan fingerprint density at radius 2 is 2.06 bits per heavy atom. The van der Waals surface area contributed by atoms with Crippen LogP contribution in [-0.4, -0.2) is 30.5 Å². The van der Waals surface area contributed by atoms with E-state index in [9.17, 15) is 9.00 Å². The van der Waals surface area contributed by atoms with Crippen molar-refractivity contribution in [3.63, 3.8) is 0 Å². The summed E-state index contributed by atoms with van der Waals surface area (Å²) in [5.41, 5.74) is 0. The largest absolute Gasteiger partial charge is 0.486 e. The average molecular weight is 268 g/mol. The van der Waals surface area contributed by atoms with Crippen molar-refractivity contribution >= 4 is 16.8 Å². The van der Waals surface area contributed by atoms with Gasteiger partial charge in [0.05, 0.1) is 17.9 Å². The fourth-order valence-corrected chi connectivity index (χ4v) is 2.23. The first kappa shape index (κ1) is 12.6. The van der Waals surface area contributed by atoms with Gasteiger partial charge in [-0.2, -0.15) is 0 Å². The van der Waals surface area contributed by atoms with E-state index in [2.05, 4.69) is 4.74 Å². The molecule has 0 aliphatic carbocycles. The van der Waals surface area contributed by atoms with Gasteiger partial charge in [0.25, 0.3) is 0 Å². The zero-order chi connectivity index (χ0) is 13.0. The van der Waals surface area contributed by atoms with E-state index in [1.807, 2.05) is 0 Å². The molecule has 18 heavy (non-hydrogen) atoms. The Morgan fingerprint density at radius 1 is 1.33 bits per heavy atom. The molecule has 0 bridgehead atoms. The number of esters is 1. The van der Waals surface area contributed by atoms with Crippen LogP contribution in [0, 0.1) is 0 Å². The van der Waals surface area contributed by atoms with Crippen molar-refractivity contribution in [1.82, 2.24) is 0 Å². The molecular weight excluding hydrogens is 256 g/mol. The van der Waals surface area contributed by atoms with Crippen molar-refractivity contribution in [2.45, 2.75) is 4.90 Å². The highest BCUT2D eigenvalue weighted by atomic mass is 32.2. The molecule has 0 N–H and O–H groups in total. The third kappa shape index (κ3) is 2.89. The SMILES string of the molecule is COC(=O)/C=C/S(=O)c1ccc2c(c1)OCCO2.